The van der Waals surface area contributed by atoms with Gasteiger partial charge in [-0.15, -0.1) is 10.2 Å². The number of hydrogen-bond donors (Lipinski definition) is 2. The summed E-state index contributed by atoms with van der Waals surface area (Å²) in [7, 11) is 0. The molecule has 1 aliphatic rings. The summed E-state index contributed by atoms with van der Waals surface area (Å²) in [5, 5.41) is 12.2. The van der Waals surface area contributed by atoms with Crippen molar-refractivity contribution >= 4 is 11.7 Å². The summed E-state index contributed by atoms with van der Waals surface area (Å²) in [5.74, 6) is 0.977. The minimum Gasteiger partial charge on any atom is -0.485 e. The summed E-state index contributed by atoms with van der Waals surface area (Å²) in [4.78, 5) is 14.3. The van der Waals surface area contributed by atoms with Crippen LogP contribution in [-0.4, -0.2) is 20.9 Å². The van der Waals surface area contributed by atoms with Gasteiger partial charge in [0.05, 0.1) is 5.71 Å². The van der Waals surface area contributed by atoms with E-state index in [-0.39, 0.29) is 17.6 Å². The molecule has 0 amide bonds. The molecule has 0 radical (unpaired) electrons. The van der Waals surface area contributed by atoms with Crippen LogP contribution in [0.3, 0.4) is 0 Å². The average molecular weight is 347 g/mol. The minimum atomic E-state index is -0.294. The number of anilines is 1. The standard InChI is InChI=1S/C19H17N5O2/c1-12-18(25)20-19(23-21-12)24-22-15-11-17(13-7-3-2-4-8-13)26-16-10-6-5-9-14(15)16/h2-10,17H,11H2,1H3,(H2,20,23,24,25)/t17-/m1/s1. The molecule has 0 saturated heterocycles. The second-order valence-corrected chi connectivity index (χ2v) is 5.98. The number of nitrogens with one attached hydrogen (secondary N) is 2. The number of nitrogens with zero attached hydrogens (tertiary/aromatic N) is 3. The number of aromatic nitrogens is 3. The van der Waals surface area contributed by atoms with Crippen LogP contribution in [0.25, 0.3) is 0 Å². The molecule has 0 bridgehead atoms. The van der Waals surface area contributed by atoms with Gasteiger partial charge < -0.3 is 4.74 Å². The molecule has 4 rings (SSSR count). The number of para-hydroxylation sites is 1. The van der Waals surface area contributed by atoms with E-state index in [2.05, 4.69) is 25.7 Å². The summed E-state index contributed by atoms with van der Waals surface area (Å²) in [6.07, 6.45) is 0.465. The summed E-state index contributed by atoms with van der Waals surface area (Å²) in [6.45, 7) is 1.60. The van der Waals surface area contributed by atoms with Crippen molar-refractivity contribution in [1.82, 2.24) is 15.2 Å². The van der Waals surface area contributed by atoms with E-state index in [4.69, 9.17) is 4.74 Å². The Kier molecular flexibility index (Phi) is 4.18. The van der Waals surface area contributed by atoms with Gasteiger partial charge in [-0.1, -0.05) is 42.5 Å². The Bertz CT molecular complexity index is 1010. The molecule has 1 aliphatic heterocycles. The maximum Gasteiger partial charge on any atom is 0.274 e. The van der Waals surface area contributed by atoms with Crippen LogP contribution in [0.15, 0.2) is 64.5 Å². The lowest BCUT2D eigenvalue weighted by molar-refractivity contribution is 0.206. The summed E-state index contributed by atoms with van der Waals surface area (Å²) in [5.41, 5.74) is 5.63. The Morgan fingerprint density at radius 2 is 1.88 bits per heavy atom. The number of H-pyrrole nitrogens is 1. The first-order chi connectivity index (χ1) is 12.7. The zero-order chi connectivity index (χ0) is 17.9. The third-order valence-electron chi connectivity index (χ3n) is 4.17. The van der Waals surface area contributed by atoms with Crippen LogP contribution in [0.1, 0.15) is 29.3 Å². The Morgan fingerprint density at radius 3 is 2.69 bits per heavy atom. The number of rotatable bonds is 3. The number of aryl methyl sites for hydroxylation is 1. The fraction of sp³-hybridized carbons (Fsp3) is 0.158. The fourth-order valence-corrected chi connectivity index (χ4v) is 2.81. The first-order valence-electron chi connectivity index (χ1n) is 8.28. The summed E-state index contributed by atoms with van der Waals surface area (Å²) >= 11 is 0. The van der Waals surface area contributed by atoms with Gasteiger partial charge >= 0.3 is 0 Å². The van der Waals surface area contributed by atoms with Crippen LogP contribution in [0.5, 0.6) is 5.75 Å². The van der Waals surface area contributed by atoms with Gasteiger partial charge in [-0.2, -0.15) is 5.10 Å². The number of aromatic amines is 1. The molecule has 26 heavy (non-hydrogen) atoms. The third-order valence-corrected chi connectivity index (χ3v) is 4.17. The SMILES string of the molecule is Cc1nnc(NN=C2C[C@H](c3ccccc3)Oc3ccccc32)[nH]c1=O. The molecule has 2 aromatic carbocycles. The van der Waals surface area contributed by atoms with E-state index in [9.17, 15) is 4.79 Å². The molecule has 2 N–H and O–H groups in total. The number of fused-ring (bicyclic) bond motifs is 1. The first kappa shape index (κ1) is 16.0. The van der Waals surface area contributed by atoms with E-state index in [0.29, 0.717) is 12.1 Å². The first-order valence-corrected chi connectivity index (χ1v) is 8.28. The zero-order valence-corrected chi connectivity index (χ0v) is 14.1. The summed E-state index contributed by atoms with van der Waals surface area (Å²) in [6, 6.07) is 17.8. The number of hydrogen-bond acceptors (Lipinski definition) is 6. The van der Waals surface area contributed by atoms with E-state index in [0.717, 1.165) is 22.6 Å². The largest absolute Gasteiger partial charge is 0.485 e. The van der Waals surface area contributed by atoms with Gasteiger partial charge in [0.1, 0.15) is 17.5 Å². The van der Waals surface area contributed by atoms with Gasteiger partial charge in [0.15, 0.2) is 0 Å². The highest BCUT2D eigenvalue weighted by Gasteiger charge is 2.26. The molecule has 0 spiro atoms. The topological polar surface area (TPSA) is 92.3 Å². The van der Waals surface area contributed by atoms with Crippen LogP contribution < -0.4 is 15.7 Å². The highest BCUT2D eigenvalue weighted by atomic mass is 16.5. The highest BCUT2D eigenvalue weighted by molar-refractivity contribution is 6.04. The van der Waals surface area contributed by atoms with Gasteiger partial charge in [-0.05, 0) is 24.6 Å². The number of benzene rings is 2. The zero-order valence-electron chi connectivity index (χ0n) is 14.1. The van der Waals surface area contributed by atoms with Crippen molar-refractivity contribution in [3.8, 4) is 5.75 Å². The molecule has 1 aromatic heterocycles. The minimum absolute atomic E-state index is 0.130. The van der Waals surface area contributed by atoms with Crippen LogP contribution in [-0.2, 0) is 0 Å². The third kappa shape index (κ3) is 3.19. The van der Waals surface area contributed by atoms with Gasteiger partial charge in [-0.3, -0.25) is 9.78 Å². The smallest absolute Gasteiger partial charge is 0.274 e. The van der Waals surface area contributed by atoms with Crippen molar-refractivity contribution < 1.29 is 4.74 Å². The predicted octanol–water partition coefficient (Wildman–Crippen LogP) is 2.81. The van der Waals surface area contributed by atoms with E-state index in [1.54, 1.807) is 6.92 Å². The lowest BCUT2D eigenvalue weighted by Crippen LogP contribution is -2.22. The van der Waals surface area contributed by atoms with Gasteiger partial charge in [0.2, 0.25) is 5.95 Å². The molecule has 0 unspecified atom stereocenters. The van der Waals surface area contributed by atoms with Crippen LogP contribution in [0, 0.1) is 6.92 Å². The lowest BCUT2D eigenvalue weighted by atomic mass is 9.96. The van der Waals surface area contributed by atoms with Crippen LogP contribution >= 0.6 is 0 Å². The molecule has 7 heteroatoms. The number of hydrazone groups is 1. The molecule has 3 aromatic rings. The van der Waals surface area contributed by atoms with Crippen molar-refractivity contribution in [2.24, 2.45) is 5.10 Å². The maximum atomic E-state index is 11.7. The molecular formula is C19H17N5O2. The van der Waals surface area contributed by atoms with Crippen molar-refractivity contribution in [2.75, 3.05) is 5.43 Å². The van der Waals surface area contributed by atoms with Gasteiger partial charge in [0.25, 0.3) is 5.56 Å². The molecule has 0 saturated carbocycles. The highest BCUT2D eigenvalue weighted by Crippen LogP contribution is 2.35. The molecule has 0 aliphatic carbocycles. The van der Waals surface area contributed by atoms with E-state index >= 15 is 0 Å². The monoisotopic (exact) mass is 347 g/mol. The Labute approximate surface area is 149 Å². The van der Waals surface area contributed by atoms with Crippen LogP contribution in [0.2, 0.25) is 0 Å². The maximum absolute atomic E-state index is 11.7. The predicted molar refractivity (Wildman–Crippen MR) is 98.4 cm³/mol. The normalized spacial score (nSPS) is 17.4. The van der Waals surface area contributed by atoms with E-state index in [1.165, 1.54) is 0 Å². The second kappa shape index (κ2) is 6.79. The molecule has 0 fully saturated rings. The summed E-state index contributed by atoms with van der Waals surface area (Å²) < 4.78 is 6.14. The van der Waals surface area contributed by atoms with E-state index < -0.39 is 0 Å². The molecule has 7 nitrogen and oxygen atoms in total. The lowest BCUT2D eigenvalue weighted by Gasteiger charge is -2.27. The molecule has 2 heterocycles. The van der Waals surface area contributed by atoms with Crippen molar-refractivity contribution in [2.45, 2.75) is 19.4 Å². The fourth-order valence-electron chi connectivity index (χ4n) is 2.81. The van der Waals surface area contributed by atoms with Crippen LogP contribution in [0.4, 0.5) is 5.95 Å². The Hall–Kier alpha value is -3.48. The van der Waals surface area contributed by atoms with Crippen molar-refractivity contribution in [3.05, 3.63) is 81.8 Å². The average Bonchev–Trinajstić information content (AvgIpc) is 2.69. The van der Waals surface area contributed by atoms with Crippen molar-refractivity contribution in [1.29, 1.82) is 0 Å². The van der Waals surface area contributed by atoms with Crippen molar-refractivity contribution in [3.63, 3.8) is 0 Å². The quantitative estimate of drug-likeness (QED) is 0.711. The molecule has 130 valence electrons. The number of ether oxygens (including phenoxy) is 1. The molecular weight excluding hydrogens is 330 g/mol. The van der Waals surface area contributed by atoms with E-state index in [1.807, 2.05) is 54.6 Å². The van der Waals surface area contributed by atoms with Gasteiger partial charge in [0, 0.05) is 12.0 Å². The Morgan fingerprint density at radius 1 is 1.12 bits per heavy atom. The molecule has 1 atom stereocenters. The second-order valence-electron chi connectivity index (χ2n) is 5.98. The Balaban J connectivity index is 1.66. The van der Waals surface area contributed by atoms with Gasteiger partial charge in [-0.25, -0.2) is 5.43 Å².